The minimum atomic E-state index is -3.15. The summed E-state index contributed by atoms with van der Waals surface area (Å²) < 4.78 is 45.6. The van der Waals surface area contributed by atoms with Gasteiger partial charge in [-0.05, 0) is 19.1 Å². The zero-order valence-corrected chi connectivity index (χ0v) is 8.38. The Morgan fingerprint density at radius 2 is 2.12 bits per heavy atom. The Hall–Kier alpha value is -1.72. The molecule has 0 heterocycles. The molecule has 0 saturated carbocycles. The van der Waals surface area contributed by atoms with Crippen LogP contribution in [0.5, 0.6) is 5.75 Å². The van der Waals surface area contributed by atoms with E-state index in [4.69, 9.17) is 0 Å². The molecule has 6 heteroatoms. The lowest BCUT2D eigenvalue weighted by atomic mass is 10.2. The fourth-order valence-electron chi connectivity index (χ4n) is 1.06. The number of carbonyl (C=O) groups excluding carboxylic acids is 1. The molecule has 0 aliphatic rings. The first kappa shape index (κ1) is 12.4. The molecule has 0 radical (unpaired) electrons. The van der Waals surface area contributed by atoms with Crippen molar-refractivity contribution in [3.63, 3.8) is 0 Å². The summed E-state index contributed by atoms with van der Waals surface area (Å²) in [4.78, 5) is 11.2. The lowest BCUT2D eigenvalue weighted by Crippen LogP contribution is -2.10. The highest BCUT2D eigenvalue weighted by Crippen LogP contribution is 2.22. The molecule has 0 atom stereocenters. The molecule has 88 valence electrons. The number of rotatable bonds is 4. The summed E-state index contributed by atoms with van der Waals surface area (Å²) in [6.45, 7) is -1.53. The van der Waals surface area contributed by atoms with Gasteiger partial charge in [0.15, 0.2) is 11.6 Å². The van der Waals surface area contributed by atoms with Gasteiger partial charge in [0.05, 0.1) is 12.2 Å². The van der Waals surface area contributed by atoms with E-state index < -0.39 is 29.7 Å². The molecule has 0 saturated heterocycles. The Balaban J connectivity index is 2.99. The number of benzene rings is 1. The smallest absolute Gasteiger partial charge is 0.387 e. The summed E-state index contributed by atoms with van der Waals surface area (Å²) >= 11 is 0. The molecule has 0 fully saturated rings. The fraction of sp³-hybridized carbons (Fsp3) is 0.300. The molecule has 0 N–H and O–H groups in total. The number of hydrogen-bond acceptors (Lipinski definition) is 3. The maximum atomic E-state index is 13.4. The maximum absolute atomic E-state index is 13.4. The first-order chi connectivity index (χ1) is 7.56. The van der Waals surface area contributed by atoms with E-state index >= 15 is 0 Å². The SMILES string of the molecule is CCOC(=O)c1cccc(OC(F)F)c1F. The zero-order chi connectivity index (χ0) is 12.1. The van der Waals surface area contributed by atoms with Crippen molar-refractivity contribution in [3.05, 3.63) is 29.6 Å². The average Bonchev–Trinajstić information content (AvgIpc) is 2.21. The Morgan fingerprint density at radius 1 is 1.44 bits per heavy atom. The maximum Gasteiger partial charge on any atom is 0.387 e. The number of carbonyl (C=O) groups is 1. The third-order valence-corrected chi connectivity index (χ3v) is 1.67. The van der Waals surface area contributed by atoms with Gasteiger partial charge < -0.3 is 9.47 Å². The van der Waals surface area contributed by atoms with Crippen molar-refractivity contribution in [2.24, 2.45) is 0 Å². The molecule has 16 heavy (non-hydrogen) atoms. The molecule has 0 spiro atoms. The van der Waals surface area contributed by atoms with E-state index in [-0.39, 0.29) is 6.61 Å². The number of ether oxygens (including phenoxy) is 2. The highest BCUT2D eigenvalue weighted by Gasteiger charge is 2.18. The molecule has 0 amide bonds. The lowest BCUT2D eigenvalue weighted by Gasteiger charge is -2.08. The molecule has 0 aromatic heterocycles. The van der Waals surface area contributed by atoms with Crippen LogP contribution < -0.4 is 4.74 Å². The monoisotopic (exact) mass is 234 g/mol. The predicted octanol–water partition coefficient (Wildman–Crippen LogP) is 2.60. The highest BCUT2D eigenvalue weighted by molar-refractivity contribution is 5.90. The van der Waals surface area contributed by atoms with Crippen molar-refractivity contribution in [1.29, 1.82) is 0 Å². The molecule has 1 rings (SSSR count). The normalized spacial score (nSPS) is 10.3. The summed E-state index contributed by atoms with van der Waals surface area (Å²) in [5.74, 6) is -2.75. The van der Waals surface area contributed by atoms with Gasteiger partial charge in [-0.3, -0.25) is 0 Å². The number of hydrogen-bond donors (Lipinski definition) is 0. The molecule has 0 unspecified atom stereocenters. The van der Waals surface area contributed by atoms with Gasteiger partial charge in [0.2, 0.25) is 0 Å². The van der Waals surface area contributed by atoms with Crippen LogP contribution in [-0.2, 0) is 4.74 Å². The first-order valence-electron chi connectivity index (χ1n) is 4.46. The molecule has 3 nitrogen and oxygen atoms in total. The van der Waals surface area contributed by atoms with Gasteiger partial charge in [0.25, 0.3) is 0 Å². The van der Waals surface area contributed by atoms with E-state index in [0.29, 0.717) is 0 Å². The van der Waals surface area contributed by atoms with E-state index in [1.807, 2.05) is 0 Å². The van der Waals surface area contributed by atoms with Crippen LogP contribution in [0.25, 0.3) is 0 Å². The quantitative estimate of drug-likeness (QED) is 0.751. The molecule has 1 aromatic rings. The van der Waals surface area contributed by atoms with Crippen LogP contribution in [0.4, 0.5) is 13.2 Å². The van der Waals surface area contributed by atoms with Crippen LogP contribution in [-0.4, -0.2) is 19.2 Å². The molecule has 0 aliphatic heterocycles. The van der Waals surface area contributed by atoms with Crippen LogP contribution in [0, 0.1) is 5.82 Å². The number of halogens is 3. The van der Waals surface area contributed by atoms with E-state index in [2.05, 4.69) is 9.47 Å². The van der Waals surface area contributed by atoms with E-state index in [0.717, 1.165) is 12.1 Å². The van der Waals surface area contributed by atoms with Crippen molar-refractivity contribution >= 4 is 5.97 Å². The Morgan fingerprint density at radius 3 is 2.69 bits per heavy atom. The summed E-state index contributed by atoms with van der Waals surface area (Å²) in [7, 11) is 0. The van der Waals surface area contributed by atoms with Gasteiger partial charge in [-0.25, -0.2) is 9.18 Å². The zero-order valence-electron chi connectivity index (χ0n) is 8.38. The molecule has 1 aromatic carbocycles. The minimum absolute atomic E-state index is 0.0677. The van der Waals surface area contributed by atoms with Crippen molar-refractivity contribution in [2.45, 2.75) is 13.5 Å². The summed E-state index contributed by atoms with van der Waals surface area (Å²) in [5, 5.41) is 0. The van der Waals surface area contributed by atoms with Crippen molar-refractivity contribution in [2.75, 3.05) is 6.61 Å². The Kier molecular flexibility index (Phi) is 4.16. The second-order valence-electron chi connectivity index (χ2n) is 2.72. The minimum Gasteiger partial charge on any atom is -0.462 e. The Labute approximate surface area is 89.8 Å². The highest BCUT2D eigenvalue weighted by atomic mass is 19.3. The van der Waals surface area contributed by atoms with Crippen LogP contribution in [0.15, 0.2) is 18.2 Å². The van der Waals surface area contributed by atoms with Crippen LogP contribution in [0.1, 0.15) is 17.3 Å². The summed E-state index contributed by atoms with van der Waals surface area (Å²) in [6, 6.07) is 3.36. The van der Waals surface area contributed by atoms with Gasteiger partial charge in [-0.1, -0.05) is 6.07 Å². The molecule has 0 aliphatic carbocycles. The average molecular weight is 234 g/mol. The topological polar surface area (TPSA) is 35.5 Å². The first-order valence-corrected chi connectivity index (χ1v) is 4.46. The van der Waals surface area contributed by atoms with Crippen molar-refractivity contribution in [1.82, 2.24) is 0 Å². The third kappa shape index (κ3) is 2.88. The van der Waals surface area contributed by atoms with Gasteiger partial charge >= 0.3 is 12.6 Å². The number of esters is 1. The van der Waals surface area contributed by atoms with Gasteiger partial charge in [0.1, 0.15) is 0 Å². The molecular weight excluding hydrogens is 225 g/mol. The Bertz CT molecular complexity index is 380. The number of alkyl halides is 2. The standard InChI is InChI=1S/C10H9F3O3/c1-2-15-9(14)6-4-3-5-7(8(6)11)16-10(12)13/h3-5,10H,2H2,1H3. The summed E-state index contributed by atoms with van der Waals surface area (Å²) in [5.41, 5.74) is -0.431. The second-order valence-corrected chi connectivity index (χ2v) is 2.72. The lowest BCUT2D eigenvalue weighted by molar-refractivity contribution is -0.0523. The van der Waals surface area contributed by atoms with E-state index in [9.17, 15) is 18.0 Å². The van der Waals surface area contributed by atoms with Crippen molar-refractivity contribution < 1.29 is 27.4 Å². The van der Waals surface area contributed by atoms with Crippen LogP contribution in [0.2, 0.25) is 0 Å². The summed E-state index contributed by atoms with van der Waals surface area (Å²) in [6.07, 6.45) is 0. The van der Waals surface area contributed by atoms with Crippen LogP contribution >= 0.6 is 0 Å². The van der Waals surface area contributed by atoms with Gasteiger partial charge in [-0.15, -0.1) is 0 Å². The fourth-order valence-corrected chi connectivity index (χ4v) is 1.06. The van der Waals surface area contributed by atoms with Gasteiger partial charge in [0, 0.05) is 0 Å². The van der Waals surface area contributed by atoms with E-state index in [1.165, 1.54) is 6.07 Å². The molecular formula is C10H9F3O3. The van der Waals surface area contributed by atoms with Crippen molar-refractivity contribution in [3.8, 4) is 5.75 Å². The molecule has 0 bridgehead atoms. The third-order valence-electron chi connectivity index (χ3n) is 1.67. The van der Waals surface area contributed by atoms with Gasteiger partial charge in [-0.2, -0.15) is 8.78 Å². The predicted molar refractivity (Wildman–Crippen MR) is 49.0 cm³/mol. The van der Waals surface area contributed by atoms with Crippen LogP contribution in [0.3, 0.4) is 0 Å². The second kappa shape index (κ2) is 5.39. The largest absolute Gasteiger partial charge is 0.462 e. The van der Waals surface area contributed by atoms with E-state index in [1.54, 1.807) is 6.92 Å².